The number of aliphatic hydroxyl groups excluding tert-OH is 2. The van der Waals surface area contributed by atoms with Crippen molar-refractivity contribution in [2.24, 2.45) is 0 Å². The summed E-state index contributed by atoms with van der Waals surface area (Å²) in [6.45, 7) is 2.37. The first-order valence-electron chi connectivity index (χ1n) is 10.1. The molecule has 10 nitrogen and oxygen atoms in total. The van der Waals surface area contributed by atoms with Crippen LogP contribution in [0.2, 0.25) is 0 Å². The third-order valence-electron chi connectivity index (χ3n) is 5.21. The zero-order valence-corrected chi connectivity index (χ0v) is 16.9. The van der Waals surface area contributed by atoms with Crippen molar-refractivity contribution >= 4 is 32.9 Å². The summed E-state index contributed by atoms with van der Waals surface area (Å²) in [5, 5.41) is 53.9. The van der Waals surface area contributed by atoms with E-state index in [1.54, 1.807) is 6.07 Å². The number of fused-ring (bicyclic) bond motifs is 2. The Balaban J connectivity index is 1.93. The molecule has 0 atom stereocenters. The van der Waals surface area contributed by atoms with E-state index in [-0.39, 0.29) is 35.6 Å². The molecule has 0 aliphatic rings. The summed E-state index contributed by atoms with van der Waals surface area (Å²) in [6.07, 6.45) is 0. The second kappa shape index (κ2) is 8.90. The molecule has 2 aromatic heterocycles. The fourth-order valence-corrected chi connectivity index (χ4v) is 3.85. The van der Waals surface area contributed by atoms with E-state index < -0.39 is 5.43 Å². The van der Waals surface area contributed by atoms with Gasteiger partial charge in [-0.15, -0.1) is 0 Å². The van der Waals surface area contributed by atoms with Crippen molar-refractivity contribution in [3.63, 3.8) is 0 Å². The third-order valence-corrected chi connectivity index (χ3v) is 5.21. The average molecular weight is 427 g/mol. The Morgan fingerprint density at radius 1 is 0.839 bits per heavy atom. The van der Waals surface area contributed by atoms with Gasteiger partial charge in [-0.25, -0.2) is 4.52 Å². The lowest BCUT2D eigenvalue weighted by atomic mass is 10.0. The lowest BCUT2D eigenvalue weighted by Gasteiger charge is -2.12. The van der Waals surface area contributed by atoms with Gasteiger partial charge in [-0.2, -0.15) is 5.10 Å². The molecule has 0 bridgehead atoms. The Bertz CT molecular complexity index is 1270. The van der Waals surface area contributed by atoms with E-state index in [4.69, 9.17) is 10.2 Å². The summed E-state index contributed by atoms with van der Waals surface area (Å²) in [7, 11) is 0. The number of aromatic hydroxyl groups is 2. The van der Waals surface area contributed by atoms with Gasteiger partial charge in [-0.3, -0.25) is 4.79 Å². The number of hydrogen-bond acceptors (Lipinski definition) is 9. The van der Waals surface area contributed by atoms with Gasteiger partial charge < -0.3 is 36.4 Å². The Kier molecular flexibility index (Phi) is 6.05. The van der Waals surface area contributed by atoms with E-state index in [0.717, 1.165) is 5.39 Å². The maximum absolute atomic E-state index is 13.4. The predicted octanol–water partition coefficient (Wildman–Crippen LogP) is -0.0744. The van der Waals surface area contributed by atoms with Crippen molar-refractivity contribution in [2.75, 3.05) is 44.7 Å². The molecule has 0 aliphatic heterocycles. The molecule has 7 N–H and O–H groups in total. The van der Waals surface area contributed by atoms with Gasteiger partial charge in [-0.05, 0) is 24.3 Å². The van der Waals surface area contributed by atoms with E-state index in [9.17, 15) is 15.0 Å². The molecule has 31 heavy (non-hydrogen) atoms. The minimum atomic E-state index is -0.401. The first-order chi connectivity index (χ1) is 15.1. The molecule has 0 unspecified atom stereocenters. The van der Waals surface area contributed by atoms with E-state index in [1.807, 2.05) is 6.07 Å². The first kappa shape index (κ1) is 21.1. The standard InChI is InChI=1S/C21H25N5O5/c27-9-7-22-5-6-24-13-2-1-12-14(11-23-8-10-28)25-26-19(12)17(13)21(31)18-15(29)3-4-16(30)20(18)26/h1-4,22-24,27-30H,5-11H2. The van der Waals surface area contributed by atoms with Crippen LogP contribution in [0.1, 0.15) is 5.69 Å². The van der Waals surface area contributed by atoms with Crippen molar-refractivity contribution < 1.29 is 20.4 Å². The number of anilines is 1. The Hall–Kier alpha value is -3.18. The zero-order chi connectivity index (χ0) is 22.0. The van der Waals surface area contributed by atoms with Crippen LogP contribution in [-0.2, 0) is 6.54 Å². The smallest absolute Gasteiger partial charge is 0.203 e. The SMILES string of the molecule is O=c1c2c(O)ccc(O)c2n2nc(CNCCO)c3ccc(NCCNCCO)c1c32. The largest absolute Gasteiger partial charge is 0.507 e. The Labute approximate surface area is 177 Å². The molecular formula is C21H25N5O5. The lowest BCUT2D eigenvalue weighted by molar-refractivity contribution is 0.291. The van der Waals surface area contributed by atoms with Crippen molar-refractivity contribution in [2.45, 2.75) is 6.54 Å². The van der Waals surface area contributed by atoms with Crippen molar-refractivity contribution in [1.82, 2.24) is 20.2 Å². The number of pyridine rings is 1. The minimum absolute atomic E-state index is 0.000534. The second-order valence-corrected chi connectivity index (χ2v) is 7.20. The van der Waals surface area contributed by atoms with E-state index in [0.29, 0.717) is 55.0 Å². The van der Waals surface area contributed by atoms with Crippen LogP contribution in [0.25, 0.3) is 27.2 Å². The lowest BCUT2D eigenvalue weighted by Crippen LogP contribution is -2.25. The quantitative estimate of drug-likeness (QED) is 0.105. The number of phenols is 2. The van der Waals surface area contributed by atoms with Gasteiger partial charge >= 0.3 is 0 Å². The number of aliphatic hydroxyl groups is 2. The summed E-state index contributed by atoms with van der Waals surface area (Å²) >= 11 is 0. The molecule has 0 spiro atoms. The monoisotopic (exact) mass is 427 g/mol. The third kappa shape index (κ3) is 3.70. The zero-order valence-electron chi connectivity index (χ0n) is 16.9. The maximum Gasteiger partial charge on any atom is 0.203 e. The van der Waals surface area contributed by atoms with Crippen molar-refractivity contribution in [1.29, 1.82) is 0 Å². The number of phenolic OH excluding ortho intramolecular Hbond substituents is 2. The van der Waals surface area contributed by atoms with Crippen LogP contribution >= 0.6 is 0 Å². The highest BCUT2D eigenvalue weighted by atomic mass is 16.3. The van der Waals surface area contributed by atoms with Gasteiger partial charge in [0.2, 0.25) is 5.43 Å². The maximum atomic E-state index is 13.4. The van der Waals surface area contributed by atoms with Crippen LogP contribution in [0.3, 0.4) is 0 Å². The van der Waals surface area contributed by atoms with Crippen molar-refractivity contribution in [3.8, 4) is 11.5 Å². The first-order valence-corrected chi connectivity index (χ1v) is 10.1. The average Bonchev–Trinajstić information content (AvgIpc) is 3.13. The highest BCUT2D eigenvalue weighted by Gasteiger charge is 2.23. The number of nitrogens with zero attached hydrogens (tertiary/aromatic N) is 2. The molecule has 0 saturated carbocycles. The van der Waals surface area contributed by atoms with E-state index in [1.165, 1.54) is 16.6 Å². The Morgan fingerprint density at radius 2 is 1.58 bits per heavy atom. The predicted molar refractivity (Wildman–Crippen MR) is 118 cm³/mol. The van der Waals surface area contributed by atoms with E-state index in [2.05, 4.69) is 21.0 Å². The summed E-state index contributed by atoms with van der Waals surface area (Å²) in [4.78, 5) is 13.4. The highest BCUT2D eigenvalue weighted by molar-refractivity contribution is 6.10. The molecule has 0 radical (unpaired) electrons. The normalized spacial score (nSPS) is 11.8. The molecular weight excluding hydrogens is 402 g/mol. The van der Waals surface area contributed by atoms with Crippen LogP contribution in [0.5, 0.6) is 11.5 Å². The molecule has 0 amide bonds. The van der Waals surface area contributed by atoms with Gasteiger partial charge in [-0.1, -0.05) is 0 Å². The molecule has 0 fully saturated rings. The number of benzene rings is 2. The van der Waals surface area contributed by atoms with Gasteiger partial charge in [0.25, 0.3) is 0 Å². The summed E-state index contributed by atoms with van der Waals surface area (Å²) < 4.78 is 1.50. The molecule has 2 aromatic carbocycles. The number of rotatable bonds is 10. The van der Waals surface area contributed by atoms with Crippen LogP contribution in [-0.4, -0.2) is 69.4 Å². The number of nitrogens with one attached hydrogen (secondary N) is 3. The van der Waals surface area contributed by atoms with Gasteiger partial charge in [0.05, 0.1) is 35.2 Å². The Morgan fingerprint density at radius 3 is 2.35 bits per heavy atom. The van der Waals surface area contributed by atoms with Gasteiger partial charge in [0.15, 0.2) is 0 Å². The number of aromatic nitrogens is 2. The van der Waals surface area contributed by atoms with Gasteiger partial charge in [0, 0.05) is 43.8 Å². The minimum Gasteiger partial charge on any atom is -0.507 e. The fourth-order valence-electron chi connectivity index (χ4n) is 3.85. The molecule has 4 aromatic rings. The molecule has 164 valence electrons. The number of hydrogen-bond donors (Lipinski definition) is 7. The van der Waals surface area contributed by atoms with Gasteiger partial charge in [0.1, 0.15) is 17.0 Å². The molecule has 0 saturated heterocycles. The fraction of sp³-hybridized carbons (Fsp3) is 0.333. The van der Waals surface area contributed by atoms with Crippen LogP contribution in [0, 0.1) is 0 Å². The molecule has 0 aliphatic carbocycles. The molecule has 2 heterocycles. The molecule has 4 rings (SSSR count). The van der Waals surface area contributed by atoms with Crippen molar-refractivity contribution in [3.05, 3.63) is 40.2 Å². The topological polar surface area (TPSA) is 151 Å². The molecule has 10 heteroatoms. The van der Waals surface area contributed by atoms with Crippen LogP contribution in [0.15, 0.2) is 29.1 Å². The summed E-state index contributed by atoms with van der Waals surface area (Å²) in [6, 6.07) is 6.28. The van der Waals surface area contributed by atoms with E-state index >= 15 is 0 Å². The summed E-state index contributed by atoms with van der Waals surface area (Å²) in [5.41, 5.74) is 1.55. The van der Waals surface area contributed by atoms with Crippen LogP contribution in [0.4, 0.5) is 5.69 Å². The van der Waals surface area contributed by atoms with Crippen LogP contribution < -0.4 is 21.4 Å². The second-order valence-electron chi connectivity index (χ2n) is 7.20. The highest BCUT2D eigenvalue weighted by Crippen LogP contribution is 2.36. The summed E-state index contributed by atoms with van der Waals surface area (Å²) in [5.74, 6) is -0.385.